The van der Waals surface area contributed by atoms with Gasteiger partial charge < -0.3 is 20.3 Å². The molecule has 0 aliphatic carbocycles. The standard InChI is InChI=1S/C22H24F3N5O4S/c1-11(2)18-16-7-12-6-13(10-31)17(35(3,33)34)8-15(12)29(16)4-5-30(18)21-27-9-14(20(26)32)19(28-21)22(23,24)25/h6-9,11,18,31H,4-5,10H2,1-3H3,(H2,26,32)/t18-/m1/s1. The van der Waals surface area contributed by atoms with Gasteiger partial charge in [-0.1, -0.05) is 13.8 Å². The van der Waals surface area contributed by atoms with Crippen LogP contribution in [0.4, 0.5) is 19.1 Å². The molecule has 0 unspecified atom stereocenters. The summed E-state index contributed by atoms with van der Waals surface area (Å²) < 4.78 is 67.3. The second-order valence-electron chi connectivity index (χ2n) is 8.85. The van der Waals surface area contributed by atoms with Crippen LogP contribution in [0.25, 0.3) is 10.9 Å². The first-order valence-electron chi connectivity index (χ1n) is 10.7. The summed E-state index contributed by atoms with van der Waals surface area (Å²) in [5.74, 6) is -1.56. The largest absolute Gasteiger partial charge is 0.434 e. The lowest BCUT2D eigenvalue weighted by atomic mass is 9.97. The van der Waals surface area contributed by atoms with E-state index >= 15 is 0 Å². The second kappa shape index (κ2) is 8.48. The van der Waals surface area contributed by atoms with Crippen molar-refractivity contribution < 1.29 is 31.5 Å². The number of halogens is 3. The maximum Gasteiger partial charge on any atom is 0.434 e. The first kappa shape index (κ1) is 24.9. The van der Waals surface area contributed by atoms with Crippen molar-refractivity contribution in [3.63, 3.8) is 0 Å². The summed E-state index contributed by atoms with van der Waals surface area (Å²) in [5, 5.41) is 10.4. The lowest BCUT2D eigenvalue weighted by Crippen LogP contribution is -2.41. The van der Waals surface area contributed by atoms with Crippen LogP contribution in [0, 0.1) is 5.92 Å². The molecule has 1 amide bonds. The van der Waals surface area contributed by atoms with Gasteiger partial charge in [-0.15, -0.1) is 0 Å². The molecule has 3 heterocycles. The van der Waals surface area contributed by atoms with E-state index in [9.17, 15) is 31.5 Å². The molecule has 1 aromatic carbocycles. The molecule has 0 radical (unpaired) electrons. The Labute approximate surface area is 199 Å². The Morgan fingerprint density at radius 3 is 2.49 bits per heavy atom. The molecule has 0 saturated heterocycles. The SMILES string of the molecule is CC(C)[C@@H]1c2cc3cc(CO)c(S(C)(=O)=O)cc3n2CCN1c1ncc(C(N)=O)c(C(F)(F)F)n1. The van der Waals surface area contributed by atoms with E-state index in [-0.39, 0.29) is 28.9 Å². The highest BCUT2D eigenvalue weighted by atomic mass is 32.2. The third-order valence-corrected chi connectivity index (χ3v) is 7.27. The number of sulfone groups is 1. The van der Waals surface area contributed by atoms with Gasteiger partial charge in [-0.2, -0.15) is 13.2 Å². The highest BCUT2D eigenvalue weighted by Gasteiger charge is 2.40. The van der Waals surface area contributed by atoms with Crippen LogP contribution >= 0.6 is 0 Å². The Bertz CT molecular complexity index is 1430. The predicted octanol–water partition coefficient (Wildman–Crippen LogP) is 2.66. The number of amides is 1. The van der Waals surface area contributed by atoms with Gasteiger partial charge in [0.2, 0.25) is 5.95 Å². The van der Waals surface area contributed by atoms with Gasteiger partial charge >= 0.3 is 6.18 Å². The summed E-state index contributed by atoms with van der Waals surface area (Å²) in [6.45, 7) is 3.90. The van der Waals surface area contributed by atoms with Gasteiger partial charge in [-0.25, -0.2) is 18.4 Å². The van der Waals surface area contributed by atoms with Gasteiger partial charge in [0, 0.05) is 42.1 Å². The van der Waals surface area contributed by atoms with Crippen LogP contribution in [-0.2, 0) is 29.2 Å². The number of aromatic nitrogens is 3. The van der Waals surface area contributed by atoms with Crippen molar-refractivity contribution in [2.45, 2.75) is 44.1 Å². The highest BCUT2D eigenvalue weighted by molar-refractivity contribution is 7.90. The minimum atomic E-state index is -4.90. The van der Waals surface area contributed by atoms with Gasteiger partial charge in [0.25, 0.3) is 5.91 Å². The molecule has 1 aliphatic heterocycles. The Morgan fingerprint density at radius 1 is 1.26 bits per heavy atom. The van der Waals surface area contributed by atoms with Crippen LogP contribution in [-0.4, -0.2) is 46.8 Å². The zero-order valence-corrected chi connectivity index (χ0v) is 20.0. The molecule has 0 saturated carbocycles. The van der Waals surface area contributed by atoms with Crippen molar-refractivity contribution in [3.8, 4) is 0 Å². The van der Waals surface area contributed by atoms with Crippen LogP contribution in [0.5, 0.6) is 0 Å². The Kier molecular flexibility index (Phi) is 6.04. The zero-order valence-electron chi connectivity index (χ0n) is 19.2. The number of hydrogen-bond donors (Lipinski definition) is 2. The number of nitrogens with two attached hydrogens (primary N) is 1. The molecule has 188 valence electrons. The van der Waals surface area contributed by atoms with Crippen molar-refractivity contribution >= 4 is 32.6 Å². The minimum Gasteiger partial charge on any atom is -0.392 e. The van der Waals surface area contributed by atoms with Crippen molar-refractivity contribution in [2.24, 2.45) is 11.7 Å². The third kappa shape index (κ3) is 4.33. The smallest absolute Gasteiger partial charge is 0.392 e. The van der Waals surface area contributed by atoms with Crippen LogP contribution in [0.3, 0.4) is 0 Å². The molecule has 4 rings (SSSR count). The van der Waals surface area contributed by atoms with E-state index in [0.717, 1.165) is 18.1 Å². The zero-order chi connectivity index (χ0) is 25.9. The number of rotatable bonds is 5. The lowest BCUT2D eigenvalue weighted by Gasteiger charge is -2.39. The fourth-order valence-corrected chi connectivity index (χ4v) is 5.59. The minimum absolute atomic E-state index is 0.0251. The summed E-state index contributed by atoms with van der Waals surface area (Å²) in [4.78, 5) is 20.9. The average Bonchev–Trinajstić information content (AvgIpc) is 3.13. The van der Waals surface area contributed by atoms with Gasteiger partial charge in [-0.05, 0) is 29.7 Å². The summed E-state index contributed by atoms with van der Waals surface area (Å²) in [5.41, 5.74) is 4.54. The molecule has 2 aromatic heterocycles. The van der Waals surface area contributed by atoms with E-state index in [2.05, 4.69) is 9.97 Å². The molecule has 13 heteroatoms. The first-order chi connectivity index (χ1) is 16.2. The van der Waals surface area contributed by atoms with Crippen molar-refractivity contribution in [2.75, 3.05) is 17.7 Å². The van der Waals surface area contributed by atoms with Gasteiger partial charge in [-0.3, -0.25) is 4.79 Å². The van der Waals surface area contributed by atoms with Gasteiger partial charge in [0.1, 0.15) is 0 Å². The molecule has 0 fully saturated rings. The van der Waals surface area contributed by atoms with E-state index in [1.165, 1.54) is 6.07 Å². The second-order valence-corrected chi connectivity index (χ2v) is 10.8. The van der Waals surface area contributed by atoms with Crippen LogP contribution in [0.15, 0.2) is 29.3 Å². The third-order valence-electron chi connectivity index (χ3n) is 6.09. The van der Waals surface area contributed by atoms with E-state index in [4.69, 9.17) is 5.73 Å². The number of primary amides is 1. The quantitative estimate of drug-likeness (QED) is 0.538. The number of fused-ring (bicyclic) bond motifs is 3. The number of alkyl halides is 3. The van der Waals surface area contributed by atoms with Gasteiger partial charge in [0.15, 0.2) is 15.5 Å². The maximum absolute atomic E-state index is 13.6. The summed E-state index contributed by atoms with van der Waals surface area (Å²) in [6, 6.07) is 4.52. The number of hydrogen-bond acceptors (Lipinski definition) is 7. The molecule has 0 bridgehead atoms. The molecule has 3 aromatic rings. The number of aliphatic hydroxyl groups is 1. The number of anilines is 1. The summed E-state index contributed by atoms with van der Waals surface area (Å²) >= 11 is 0. The van der Waals surface area contributed by atoms with E-state index in [1.807, 2.05) is 24.5 Å². The Morgan fingerprint density at radius 2 is 1.94 bits per heavy atom. The monoisotopic (exact) mass is 511 g/mol. The van der Waals surface area contributed by atoms with Crippen molar-refractivity contribution in [1.82, 2.24) is 14.5 Å². The lowest BCUT2D eigenvalue weighted by molar-refractivity contribution is -0.141. The van der Waals surface area contributed by atoms with Gasteiger partial charge in [0.05, 0.1) is 23.1 Å². The van der Waals surface area contributed by atoms with E-state index in [1.54, 1.807) is 11.0 Å². The van der Waals surface area contributed by atoms with Crippen LogP contribution < -0.4 is 10.6 Å². The van der Waals surface area contributed by atoms with Crippen molar-refractivity contribution in [3.05, 3.63) is 46.9 Å². The fraction of sp³-hybridized carbons (Fsp3) is 0.409. The number of carbonyl (C=O) groups is 1. The van der Waals surface area contributed by atoms with E-state index < -0.39 is 45.8 Å². The molecule has 3 N–H and O–H groups in total. The molecule has 1 atom stereocenters. The Balaban J connectivity index is 1.88. The topological polar surface area (TPSA) is 131 Å². The predicted molar refractivity (Wildman–Crippen MR) is 121 cm³/mol. The summed E-state index contributed by atoms with van der Waals surface area (Å²) in [7, 11) is -3.60. The first-order valence-corrected chi connectivity index (χ1v) is 12.6. The molecule has 1 aliphatic rings. The maximum atomic E-state index is 13.6. The summed E-state index contributed by atoms with van der Waals surface area (Å²) in [6.07, 6.45) is -3.04. The molecular formula is C22H24F3N5O4S. The average molecular weight is 512 g/mol. The number of benzene rings is 1. The highest BCUT2D eigenvalue weighted by Crippen LogP contribution is 2.40. The Hall–Kier alpha value is -3.19. The normalized spacial score (nSPS) is 16.7. The van der Waals surface area contributed by atoms with Crippen LogP contribution in [0.1, 0.15) is 47.2 Å². The van der Waals surface area contributed by atoms with E-state index in [0.29, 0.717) is 17.4 Å². The van der Waals surface area contributed by atoms with Crippen LogP contribution in [0.2, 0.25) is 0 Å². The number of aliphatic hydroxyl groups excluding tert-OH is 1. The molecule has 9 nitrogen and oxygen atoms in total. The number of nitrogens with zero attached hydrogens (tertiary/aromatic N) is 4. The molecule has 0 spiro atoms. The number of carbonyl (C=O) groups excluding carboxylic acids is 1. The fourth-order valence-electron chi connectivity index (χ4n) is 4.66. The van der Waals surface area contributed by atoms with Crippen molar-refractivity contribution in [1.29, 1.82) is 0 Å². The molecule has 35 heavy (non-hydrogen) atoms. The molecular weight excluding hydrogens is 487 g/mol.